The predicted molar refractivity (Wildman–Crippen MR) is 101 cm³/mol. The van der Waals surface area contributed by atoms with E-state index in [1.54, 1.807) is 0 Å². The summed E-state index contributed by atoms with van der Waals surface area (Å²) in [4.78, 5) is 0. The molecule has 0 amide bonds. The van der Waals surface area contributed by atoms with E-state index < -0.39 is 8.32 Å². The van der Waals surface area contributed by atoms with Gasteiger partial charge in [0.25, 0.3) is 0 Å². The predicted octanol–water partition coefficient (Wildman–Crippen LogP) is 6.78. The van der Waals surface area contributed by atoms with E-state index in [2.05, 4.69) is 66.0 Å². The minimum absolute atomic E-state index is 0.223. The lowest BCUT2D eigenvalue weighted by atomic mass is 10.0. The lowest BCUT2D eigenvalue weighted by Gasteiger charge is -2.44. The summed E-state index contributed by atoms with van der Waals surface area (Å²) in [6.07, 6.45) is 10.1. The lowest BCUT2D eigenvalue weighted by Crippen LogP contribution is -2.49. The van der Waals surface area contributed by atoms with Gasteiger partial charge in [-0.05, 0) is 60.9 Å². The van der Waals surface area contributed by atoms with Crippen molar-refractivity contribution in [1.82, 2.24) is 0 Å². The van der Waals surface area contributed by atoms with Gasteiger partial charge in [-0.3, -0.25) is 0 Å². The summed E-state index contributed by atoms with van der Waals surface area (Å²) in [5.74, 6) is 0. The lowest BCUT2D eigenvalue weighted by molar-refractivity contribution is 0.204. The van der Waals surface area contributed by atoms with Crippen molar-refractivity contribution in [2.24, 2.45) is 0 Å². The fraction of sp³-hybridized carbons (Fsp3) is 0.750. The van der Waals surface area contributed by atoms with Crippen molar-refractivity contribution < 1.29 is 4.43 Å². The molecule has 22 heavy (non-hydrogen) atoms. The van der Waals surface area contributed by atoms with Crippen LogP contribution in [-0.4, -0.2) is 14.4 Å². The van der Waals surface area contributed by atoms with Gasteiger partial charge in [-0.1, -0.05) is 53.7 Å². The van der Waals surface area contributed by atoms with Crippen LogP contribution < -0.4 is 0 Å². The van der Waals surface area contributed by atoms with Gasteiger partial charge in [0, 0.05) is 0 Å². The molecule has 0 aromatic carbocycles. The van der Waals surface area contributed by atoms with Crippen LogP contribution in [0.4, 0.5) is 0 Å². The fourth-order valence-electron chi connectivity index (χ4n) is 4.06. The monoisotopic (exact) mass is 320 g/mol. The third-order valence-corrected chi connectivity index (χ3v) is 11.2. The van der Waals surface area contributed by atoms with Crippen LogP contribution in [0.15, 0.2) is 30.0 Å². The first kappa shape index (κ1) is 19.5. The van der Waals surface area contributed by atoms with E-state index in [1.165, 1.54) is 12.0 Å². The van der Waals surface area contributed by atoms with E-state index >= 15 is 0 Å². The molecule has 0 saturated carbocycles. The van der Waals surface area contributed by atoms with E-state index in [0.717, 1.165) is 25.7 Å². The smallest absolute Gasteiger partial charge is 0.201 e. The number of hydrogen-bond donors (Lipinski definition) is 0. The minimum atomic E-state index is -1.81. The number of hydrogen-bond acceptors (Lipinski definition) is 1. The van der Waals surface area contributed by atoms with E-state index in [0.29, 0.717) is 16.6 Å². The largest absolute Gasteiger partial charge is 0.409 e. The second-order valence-corrected chi connectivity index (χ2v) is 13.1. The maximum atomic E-state index is 6.90. The summed E-state index contributed by atoms with van der Waals surface area (Å²) in [6, 6.07) is 0. The summed E-state index contributed by atoms with van der Waals surface area (Å²) in [5.41, 5.74) is 6.65. The van der Waals surface area contributed by atoms with Gasteiger partial charge >= 0.3 is 0 Å². The molecule has 2 heteroatoms. The van der Waals surface area contributed by atoms with Gasteiger partial charge in [0.2, 0.25) is 8.32 Å². The molecular weight excluding hydrogens is 284 g/mol. The molecule has 0 aliphatic heterocycles. The molecule has 0 spiro atoms. The quantitative estimate of drug-likeness (QED) is 0.308. The second-order valence-electron chi connectivity index (χ2n) is 7.69. The first-order chi connectivity index (χ1) is 10.3. The van der Waals surface area contributed by atoms with Crippen LogP contribution in [0.1, 0.15) is 73.6 Å². The molecule has 1 rings (SSSR count). The fourth-order valence-corrected chi connectivity index (χ4v) is 9.59. The highest BCUT2D eigenvalue weighted by Crippen LogP contribution is 2.43. The van der Waals surface area contributed by atoms with Crippen LogP contribution in [0.25, 0.3) is 0 Å². The Kier molecular flexibility index (Phi) is 7.89. The highest BCUT2D eigenvalue weighted by Gasteiger charge is 2.46. The van der Waals surface area contributed by atoms with Crippen molar-refractivity contribution in [3.63, 3.8) is 0 Å². The Morgan fingerprint density at radius 1 is 1.09 bits per heavy atom. The topological polar surface area (TPSA) is 9.23 Å². The normalized spacial score (nSPS) is 21.1. The molecule has 0 aromatic heterocycles. The molecule has 126 valence electrons. The number of rotatable bonds is 5. The van der Waals surface area contributed by atoms with Gasteiger partial charge in [-0.15, -0.1) is 5.73 Å². The molecule has 0 fully saturated rings. The zero-order valence-electron chi connectivity index (χ0n) is 15.6. The molecule has 1 aliphatic rings. The molecule has 0 bridgehead atoms. The summed E-state index contributed by atoms with van der Waals surface area (Å²) in [5, 5.41) is 0. The Bertz CT molecular complexity index is 392. The first-order valence-corrected chi connectivity index (χ1v) is 11.2. The summed E-state index contributed by atoms with van der Waals surface area (Å²) >= 11 is 0. The Morgan fingerprint density at radius 3 is 2.23 bits per heavy atom. The van der Waals surface area contributed by atoms with Gasteiger partial charge in [0.1, 0.15) is 0 Å². The molecule has 0 aromatic rings. The first-order valence-electron chi connectivity index (χ1n) is 9.06. The van der Waals surface area contributed by atoms with Crippen LogP contribution in [0, 0.1) is 0 Å². The molecule has 0 saturated heterocycles. The van der Waals surface area contributed by atoms with Crippen molar-refractivity contribution in [2.75, 3.05) is 0 Å². The van der Waals surface area contributed by atoms with Crippen molar-refractivity contribution in [3.8, 4) is 0 Å². The third-order valence-electron chi connectivity index (χ3n) is 5.12. The van der Waals surface area contributed by atoms with Gasteiger partial charge in [-0.2, -0.15) is 0 Å². The molecule has 0 heterocycles. The Balaban J connectivity index is 2.98. The van der Waals surface area contributed by atoms with Gasteiger partial charge in [0.05, 0.1) is 6.10 Å². The molecule has 0 N–H and O–H groups in total. The van der Waals surface area contributed by atoms with Crippen molar-refractivity contribution in [2.45, 2.75) is 96.4 Å². The maximum Gasteiger partial charge on any atom is 0.201 e. The maximum absolute atomic E-state index is 6.90. The molecule has 1 atom stereocenters. The van der Waals surface area contributed by atoms with Crippen LogP contribution in [-0.2, 0) is 4.43 Å². The molecule has 1 aliphatic carbocycles. The van der Waals surface area contributed by atoms with E-state index in [4.69, 9.17) is 4.43 Å². The van der Waals surface area contributed by atoms with Gasteiger partial charge in [-0.25, -0.2) is 0 Å². The molecule has 1 unspecified atom stereocenters. The minimum Gasteiger partial charge on any atom is -0.409 e. The molecule has 0 radical (unpaired) electrons. The van der Waals surface area contributed by atoms with Crippen LogP contribution in [0.5, 0.6) is 0 Å². The summed E-state index contributed by atoms with van der Waals surface area (Å²) < 4.78 is 6.90. The third kappa shape index (κ3) is 4.98. The van der Waals surface area contributed by atoms with E-state index in [9.17, 15) is 0 Å². The van der Waals surface area contributed by atoms with Crippen molar-refractivity contribution in [3.05, 3.63) is 30.0 Å². The van der Waals surface area contributed by atoms with Crippen LogP contribution in [0.3, 0.4) is 0 Å². The van der Waals surface area contributed by atoms with E-state index in [-0.39, 0.29) is 6.10 Å². The summed E-state index contributed by atoms with van der Waals surface area (Å²) in [6.45, 7) is 18.3. The average Bonchev–Trinajstić information content (AvgIpc) is 2.42. The zero-order chi connectivity index (χ0) is 16.8. The number of allylic oxidation sites excluding steroid dienone is 1. The SMILES string of the molecule is C=C1CCC=C=CC(O[Si](C(C)C)(C(C)C)C(C)C)CCC1. The van der Waals surface area contributed by atoms with Crippen LogP contribution >= 0.6 is 0 Å². The van der Waals surface area contributed by atoms with Gasteiger partial charge in [0.15, 0.2) is 0 Å². The van der Waals surface area contributed by atoms with Gasteiger partial charge < -0.3 is 4.43 Å². The van der Waals surface area contributed by atoms with Crippen molar-refractivity contribution in [1.29, 1.82) is 0 Å². The Morgan fingerprint density at radius 2 is 1.68 bits per heavy atom. The Labute approximate surface area is 139 Å². The second kappa shape index (κ2) is 8.91. The highest BCUT2D eigenvalue weighted by molar-refractivity contribution is 6.77. The Hall–Kier alpha value is -0.563. The standard InChI is InChI=1S/C20H36OSi/c1-16(2)22(17(3)4,18(5)6)21-20-14-10-8-9-12-19(7)13-11-15-20/h8,14,16-18,20H,7,9,11-13,15H2,1-6H3. The van der Waals surface area contributed by atoms with Crippen LogP contribution in [0.2, 0.25) is 16.6 Å². The van der Waals surface area contributed by atoms with Crippen molar-refractivity contribution >= 4 is 8.32 Å². The highest BCUT2D eigenvalue weighted by atomic mass is 28.4. The molecule has 1 nitrogen and oxygen atoms in total. The molecular formula is C20H36OSi. The zero-order valence-corrected chi connectivity index (χ0v) is 16.6. The van der Waals surface area contributed by atoms with E-state index in [1.807, 2.05) is 0 Å². The summed E-state index contributed by atoms with van der Waals surface area (Å²) in [7, 11) is -1.81. The average molecular weight is 321 g/mol.